The van der Waals surface area contributed by atoms with Gasteiger partial charge in [-0.2, -0.15) is 0 Å². The Kier molecular flexibility index (Phi) is 4.00. The van der Waals surface area contributed by atoms with E-state index in [1.807, 2.05) is 0 Å². The normalized spacial score (nSPS) is 17.3. The van der Waals surface area contributed by atoms with Crippen LogP contribution in [0.1, 0.15) is 53.9 Å². The highest BCUT2D eigenvalue weighted by Gasteiger charge is 2.27. The fourth-order valence-corrected chi connectivity index (χ4v) is 2.32. The molecule has 0 aromatic rings. The maximum Gasteiger partial charge on any atom is 0.234 e. The minimum Gasteiger partial charge on any atom is -0.350 e. The number of rotatable bonds is 5. The average molecular weight is 226 g/mol. The van der Waals surface area contributed by atoms with E-state index in [4.69, 9.17) is 0 Å². The molecule has 0 unspecified atom stereocenters. The van der Waals surface area contributed by atoms with Gasteiger partial charge in [-0.05, 0) is 38.5 Å². The molecule has 0 bridgehead atoms. The standard InChI is InChI=1S/C13H26N2O/c1-12(2,3)9-13(4,5)15-11(16)8-14-10-6-7-10/h10,14H,6-9H2,1-5H3,(H,15,16). The molecule has 1 rings (SSSR count). The maximum atomic E-state index is 11.7. The van der Waals surface area contributed by atoms with Gasteiger partial charge in [0.1, 0.15) is 0 Å². The Balaban J connectivity index is 2.29. The molecule has 0 saturated heterocycles. The van der Waals surface area contributed by atoms with Crippen LogP contribution >= 0.6 is 0 Å². The predicted octanol–water partition coefficient (Wildman–Crippen LogP) is 2.07. The molecule has 1 amide bonds. The van der Waals surface area contributed by atoms with E-state index in [9.17, 15) is 4.79 Å². The molecular weight excluding hydrogens is 200 g/mol. The molecule has 0 aromatic carbocycles. The number of nitrogens with one attached hydrogen (secondary N) is 2. The van der Waals surface area contributed by atoms with Crippen LogP contribution in [0.5, 0.6) is 0 Å². The summed E-state index contributed by atoms with van der Waals surface area (Å²) in [6.45, 7) is 11.2. The summed E-state index contributed by atoms with van der Waals surface area (Å²) in [5.74, 6) is 0.112. The van der Waals surface area contributed by atoms with Crippen molar-refractivity contribution in [3.8, 4) is 0 Å². The molecule has 2 N–H and O–H groups in total. The summed E-state index contributed by atoms with van der Waals surface area (Å²) in [5, 5.41) is 6.32. The van der Waals surface area contributed by atoms with Crippen LogP contribution in [0.25, 0.3) is 0 Å². The lowest BCUT2D eigenvalue weighted by Gasteiger charge is -2.33. The lowest BCUT2D eigenvalue weighted by atomic mass is 9.82. The van der Waals surface area contributed by atoms with Gasteiger partial charge in [0.25, 0.3) is 0 Å². The van der Waals surface area contributed by atoms with Crippen molar-refractivity contribution < 1.29 is 4.79 Å². The van der Waals surface area contributed by atoms with Crippen LogP contribution in [0, 0.1) is 5.41 Å². The summed E-state index contributed by atoms with van der Waals surface area (Å²) >= 11 is 0. The highest BCUT2D eigenvalue weighted by Crippen LogP contribution is 2.26. The topological polar surface area (TPSA) is 41.1 Å². The second kappa shape index (κ2) is 4.74. The Hall–Kier alpha value is -0.570. The summed E-state index contributed by atoms with van der Waals surface area (Å²) in [6.07, 6.45) is 3.42. The molecular formula is C13H26N2O. The smallest absolute Gasteiger partial charge is 0.234 e. The van der Waals surface area contributed by atoms with Gasteiger partial charge in [-0.15, -0.1) is 0 Å². The highest BCUT2D eigenvalue weighted by atomic mass is 16.2. The quantitative estimate of drug-likeness (QED) is 0.753. The molecule has 1 aliphatic rings. The minimum absolute atomic E-state index is 0.112. The Morgan fingerprint density at radius 3 is 2.19 bits per heavy atom. The molecule has 0 atom stereocenters. The summed E-state index contributed by atoms with van der Waals surface area (Å²) < 4.78 is 0. The summed E-state index contributed by atoms with van der Waals surface area (Å²) in [4.78, 5) is 11.7. The molecule has 16 heavy (non-hydrogen) atoms. The number of hydrogen-bond acceptors (Lipinski definition) is 2. The maximum absolute atomic E-state index is 11.7. The van der Waals surface area contributed by atoms with Crippen LogP contribution < -0.4 is 10.6 Å². The van der Waals surface area contributed by atoms with E-state index in [2.05, 4.69) is 45.3 Å². The van der Waals surface area contributed by atoms with Gasteiger partial charge in [0, 0.05) is 11.6 Å². The lowest BCUT2D eigenvalue weighted by molar-refractivity contribution is -0.122. The first-order valence-electron chi connectivity index (χ1n) is 6.22. The fourth-order valence-electron chi connectivity index (χ4n) is 2.32. The van der Waals surface area contributed by atoms with Gasteiger partial charge < -0.3 is 10.6 Å². The summed E-state index contributed by atoms with van der Waals surface area (Å²) in [6, 6.07) is 0.594. The van der Waals surface area contributed by atoms with Crippen molar-refractivity contribution in [1.29, 1.82) is 0 Å². The monoisotopic (exact) mass is 226 g/mol. The van der Waals surface area contributed by atoms with Crippen molar-refractivity contribution in [2.75, 3.05) is 6.54 Å². The van der Waals surface area contributed by atoms with E-state index in [1.54, 1.807) is 0 Å². The van der Waals surface area contributed by atoms with E-state index in [0.717, 1.165) is 6.42 Å². The second-order valence-corrected chi connectivity index (χ2v) is 6.82. The molecule has 0 heterocycles. The van der Waals surface area contributed by atoms with Crippen molar-refractivity contribution in [3.63, 3.8) is 0 Å². The minimum atomic E-state index is -0.124. The molecule has 0 aliphatic heterocycles. The van der Waals surface area contributed by atoms with Crippen molar-refractivity contribution in [3.05, 3.63) is 0 Å². The van der Waals surface area contributed by atoms with E-state index < -0.39 is 0 Å². The first-order valence-corrected chi connectivity index (χ1v) is 6.22. The molecule has 1 aliphatic carbocycles. The molecule has 1 saturated carbocycles. The zero-order valence-corrected chi connectivity index (χ0v) is 11.3. The largest absolute Gasteiger partial charge is 0.350 e. The van der Waals surface area contributed by atoms with Gasteiger partial charge in [-0.25, -0.2) is 0 Å². The summed E-state index contributed by atoms with van der Waals surface area (Å²) in [7, 11) is 0. The van der Waals surface area contributed by atoms with Crippen molar-refractivity contribution in [2.45, 2.75) is 65.5 Å². The highest BCUT2D eigenvalue weighted by molar-refractivity contribution is 5.78. The Morgan fingerprint density at radius 1 is 1.19 bits per heavy atom. The molecule has 0 aromatic heterocycles. The van der Waals surface area contributed by atoms with Crippen LogP contribution in [-0.2, 0) is 4.79 Å². The zero-order chi connectivity index (χ0) is 12.4. The van der Waals surface area contributed by atoms with Crippen LogP contribution in [-0.4, -0.2) is 24.0 Å². The molecule has 0 spiro atoms. The number of amides is 1. The van der Waals surface area contributed by atoms with Gasteiger partial charge in [0.15, 0.2) is 0 Å². The van der Waals surface area contributed by atoms with Crippen LogP contribution in [0.3, 0.4) is 0 Å². The third-order valence-corrected chi connectivity index (χ3v) is 2.58. The van der Waals surface area contributed by atoms with E-state index in [-0.39, 0.29) is 16.9 Å². The molecule has 94 valence electrons. The Labute approximate surface area is 99.4 Å². The third kappa shape index (κ3) is 6.11. The predicted molar refractivity (Wildman–Crippen MR) is 67.3 cm³/mol. The van der Waals surface area contributed by atoms with Crippen molar-refractivity contribution in [1.82, 2.24) is 10.6 Å². The van der Waals surface area contributed by atoms with Crippen LogP contribution in [0.4, 0.5) is 0 Å². The average Bonchev–Trinajstić information content (AvgIpc) is 2.76. The van der Waals surface area contributed by atoms with Crippen molar-refractivity contribution in [2.24, 2.45) is 5.41 Å². The fraction of sp³-hybridized carbons (Fsp3) is 0.923. The molecule has 1 fully saturated rings. The van der Waals surface area contributed by atoms with Gasteiger partial charge in [-0.1, -0.05) is 20.8 Å². The molecule has 3 nitrogen and oxygen atoms in total. The van der Waals surface area contributed by atoms with Gasteiger partial charge in [0.05, 0.1) is 6.54 Å². The Bertz CT molecular complexity index is 249. The zero-order valence-electron chi connectivity index (χ0n) is 11.3. The van der Waals surface area contributed by atoms with Crippen LogP contribution in [0.15, 0.2) is 0 Å². The summed E-state index contributed by atoms with van der Waals surface area (Å²) in [5.41, 5.74) is 0.112. The molecule has 3 heteroatoms. The number of carbonyl (C=O) groups is 1. The van der Waals surface area contributed by atoms with Crippen LogP contribution in [0.2, 0.25) is 0 Å². The Morgan fingerprint density at radius 2 is 1.75 bits per heavy atom. The van der Waals surface area contributed by atoms with Gasteiger partial charge in [0.2, 0.25) is 5.91 Å². The number of hydrogen-bond donors (Lipinski definition) is 2. The van der Waals surface area contributed by atoms with E-state index in [1.165, 1.54) is 12.8 Å². The van der Waals surface area contributed by atoms with Crippen molar-refractivity contribution >= 4 is 5.91 Å². The second-order valence-electron chi connectivity index (χ2n) is 6.82. The lowest BCUT2D eigenvalue weighted by Crippen LogP contribution is -2.48. The van der Waals surface area contributed by atoms with E-state index in [0.29, 0.717) is 12.6 Å². The SMILES string of the molecule is CC(C)(C)CC(C)(C)NC(=O)CNC1CC1. The van der Waals surface area contributed by atoms with Gasteiger partial charge >= 0.3 is 0 Å². The number of carbonyl (C=O) groups excluding carboxylic acids is 1. The first-order chi connectivity index (χ1) is 7.18. The van der Waals surface area contributed by atoms with Gasteiger partial charge in [-0.3, -0.25) is 4.79 Å². The molecule has 0 radical (unpaired) electrons. The van der Waals surface area contributed by atoms with E-state index >= 15 is 0 Å². The third-order valence-electron chi connectivity index (χ3n) is 2.58. The first kappa shape index (κ1) is 13.5.